The van der Waals surface area contributed by atoms with Crippen molar-refractivity contribution in [3.05, 3.63) is 17.0 Å². The quantitative estimate of drug-likeness (QED) is 0.718. The van der Waals surface area contributed by atoms with Crippen LogP contribution in [0.5, 0.6) is 0 Å². The molecule has 1 amide bonds. The number of carbonyl (C=O) groups excluding carboxylic acids is 1. The highest BCUT2D eigenvalue weighted by Gasteiger charge is 2.24. The van der Waals surface area contributed by atoms with E-state index in [0.717, 1.165) is 24.2 Å². The summed E-state index contributed by atoms with van der Waals surface area (Å²) in [5, 5.41) is 19.2. The van der Waals surface area contributed by atoms with E-state index in [1.54, 1.807) is 4.90 Å². The van der Waals surface area contributed by atoms with E-state index in [0.29, 0.717) is 25.3 Å². The van der Waals surface area contributed by atoms with Crippen LogP contribution < -0.4 is 5.32 Å². The lowest BCUT2D eigenvalue weighted by molar-refractivity contribution is 0.0724. The molecule has 1 aliphatic rings. The van der Waals surface area contributed by atoms with E-state index in [-0.39, 0.29) is 24.9 Å². The summed E-state index contributed by atoms with van der Waals surface area (Å²) < 4.78 is 0. The predicted molar refractivity (Wildman–Crippen MR) is 69.9 cm³/mol. The van der Waals surface area contributed by atoms with E-state index < -0.39 is 0 Å². The number of H-pyrrole nitrogens is 1. The van der Waals surface area contributed by atoms with Crippen LogP contribution in [0, 0.1) is 0 Å². The number of amides is 1. The molecule has 0 unspecified atom stereocenters. The highest BCUT2D eigenvalue weighted by molar-refractivity contribution is 5.94. The van der Waals surface area contributed by atoms with Gasteiger partial charge < -0.3 is 15.3 Å². The number of hydrogen-bond donors (Lipinski definition) is 3. The number of aromatic nitrogens is 2. The van der Waals surface area contributed by atoms with Gasteiger partial charge in [-0.25, -0.2) is 0 Å². The van der Waals surface area contributed by atoms with Crippen LogP contribution in [0.4, 0.5) is 0 Å². The molecule has 0 bridgehead atoms. The van der Waals surface area contributed by atoms with Crippen LogP contribution in [0.1, 0.15) is 28.7 Å². The van der Waals surface area contributed by atoms with Gasteiger partial charge in [0.05, 0.1) is 6.61 Å². The van der Waals surface area contributed by atoms with E-state index in [9.17, 15) is 4.79 Å². The van der Waals surface area contributed by atoms with Crippen LogP contribution >= 0.6 is 12.4 Å². The molecule has 7 heteroatoms. The number of aliphatic hydroxyl groups excluding tert-OH is 1. The number of hydrogen-bond acceptors (Lipinski definition) is 4. The minimum atomic E-state index is -0.109. The SMILES string of the molecule is CCN(CCO)C(=O)c1n[nH]c2c1CNCC2.Cl. The summed E-state index contributed by atoms with van der Waals surface area (Å²) >= 11 is 0. The van der Waals surface area contributed by atoms with Gasteiger partial charge in [0.1, 0.15) is 0 Å². The molecule has 0 fully saturated rings. The molecule has 0 saturated carbocycles. The van der Waals surface area contributed by atoms with E-state index in [1.165, 1.54) is 0 Å². The summed E-state index contributed by atoms with van der Waals surface area (Å²) in [5.41, 5.74) is 2.51. The van der Waals surface area contributed by atoms with Crippen molar-refractivity contribution in [2.75, 3.05) is 26.2 Å². The predicted octanol–water partition coefficient (Wildman–Crippen LogP) is -0.0684. The molecule has 0 spiro atoms. The number of fused-ring (bicyclic) bond motifs is 1. The Kier molecular flexibility index (Phi) is 5.58. The number of aliphatic hydroxyl groups is 1. The van der Waals surface area contributed by atoms with Gasteiger partial charge in [-0.3, -0.25) is 9.89 Å². The van der Waals surface area contributed by atoms with Gasteiger partial charge in [0, 0.05) is 43.9 Å². The Morgan fingerprint density at radius 3 is 3.00 bits per heavy atom. The zero-order valence-electron chi connectivity index (χ0n) is 10.4. The lowest BCUT2D eigenvalue weighted by Gasteiger charge is -2.20. The first-order chi connectivity index (χ1) is 8.27. The van der Waals surface area contributed by atoms with Gasteiger partial charge in [0.15, 0.2) is 5.69 Å². The van der Waals surface area contributed by atoms with Gasteiger partial charge in [0.2, 0.25) is 0 Å². The van der Waals surface area contributed by atoms with Crippen molar-refractivity contribution in [3.8, 4) is 0 Å². The Labute approximate surface area is 112 Å². The second kappa shape index (κ2) is 6.72. The molecular weight excluding hydrogens is 256 g/mol. The second-order valence-electron chi connectivity index (χ2n) is 4.06. The van der Waals surface area contributed by atoms with E-state index >= 15 is 0 Å². The first-order valence-corrected chi connectivity index (χ1v) is 5.94. The second-order valence-corrected chi connectivity index (χ2v) is 4.06. The molecule has 3 N–H and O–H groups in total. The molecule has 0 aliphatic carbocycles. The maximum atomic E-state index is 12.2. The van der Waals surface area contributed by atoms with Crippen molar-refractivity contribution in [2.45, 2.75) is 19.9 Å². The van der Waals surface area contributed by atoms with Gasteiger partial charge in [-0.1, -0.05) is 0 Å². The van der Waals surface area contributed by atoms with Crippen LogP contribution in [0.3, 0.4) is 0 Å². The molecule has 2 heterocycles. The molecule has 2 rings (SSSR count). The van der Waals surface area contributed by atoms with Crippen molar-refractivity contribution < 1.29 is 9.90 Å². The summed E-state index contributed by atoms with van der Waals surface area (Å²) in [6.07, 6.45) is 0.877. The summed E-state index contributed by atoms with van der Waals surface area (Å²) in [6.45, 7) is 4.40. The summed E-state index contributed by atoms with van der Waals surface area (Å²) in [4.78, 5) is 13.8. The van der Waals surface area contributed by atoms with Gasteiger partial charge >= 0.3 is 0 Å². The van der Waals surface area contributed by atoms with Gasteiger partial charge in [-0.05, 0) is 6.92 Å². The lowest BCUT2D eigenvalue weighted by Crippen LogP contribution is -2.35. The molecule has 1 aromatic heterocycles. The molecule has 0 atom stereocenters. The third-order valence-electron chi connectivity index (χ3n) is 3.05. The fourth-order valence-corrected chi connectivity index (χ4v) is 2.08. The molecule has 0 radical (unpaired) electrons. The van der Waals surface area contributed by atoms with Crippen molar-refractivity contribution in [3.63, 3.8) is 0 Å². The fraction of sp³-hybridized carbons (Fsp3) is 0.636. The molecule has 6 nitrogen and oxygen atoms in total. The Bertz CT molecular complexity index is 408. The van der Waals surface area contributed by atoms with Crippen molar-refractivity contribution in [2.24, 2.45) is 0 Å². The first-order valence-electron chi connectivity index (χ1n) is 5.94. The topological polar surface area (TPSA) is 81.2 Å². The van der Waals surface area contributed by atoms with Crippen molar-refractivity contribution in [1.82, 2.24) is 20.4 Å². The number of nitrogens with one attached hydrogen (secondary N) is 2. The van der Waals surface area contributed by atoms with Gasteiger partial charge in [-0.15, -0.1) is 12.4 Å². The van der Waals surface area contributed by atoms with Crippen LogP contribution in [-0.2, 0) is 13.0 Å². The standard InChI is InChI=1S/C11H18N4O2.ClH/c1-2-15(5-6-16)11(17)10-8-7-12-4-3-9(8)13-14-10;/h12,16H,2-7H2,1H3,(H,13,14);1H. The number of likely N-dealkylation sites (N-methyl/N-ethyl adjacent to an activating group) is 1. The lowest BCUT2D eigenvalue weighted by atomic mass is 10.1. The van der Waals surface area contributed by atoms with Crippen LogP contribution in [-0.4, -0.2) is 52.4 Å². The Morgan fingerprint density at radius 1 is 1.56 bits per heavy atom. The maximum absolute atomic E-state index is 12.2. The smallest absolute Gasteiger partial charge is 0.274 e. The average molecular weight is 275 g/mol. The highest BCUT2D eigenvalue weighted by atomic mass is 35.5. The van der Waals surface area contributed by atoms with Crippen LogP contribution in [0.2, 0.25) is 0 Å². The summed E-state index contributed by atoms with van der Waals surface area (Å²) in [6, 6.07) is 0. The molecule has 0 saturated heterocycles. The molecule has 1 aliphatic heterocycles. The minimum absolute atomic E-state index is 0. The van der Waals surface area contributed by atoms with Crippen molar-refractivity contribution in [1.29, 1.82) is 0 Å². The van der Waals surface area contributed by atoms with E-state index in [2.05, 4.69) is 15.5 Å². The van der Waals surface area contributed by atoms with Crippen molar-refractivity contribution >= 4 is 18.3 Å². The molecule has 1 aromatic rings. The molecular formula is C11H19ClN4O2. The number of carbonyl (C=O) groups is 1. The summed E-state index contributed by atoms with van der Waals surface area (Å²) in [7, 11) is 0. The average Bonchev–Trinajstić information content (AvgIpc) is 2.79. The summed E-state index contributed by atoms with van der Waals surface area (Å²) in [5.74, 6) is -0.109. The monoisotopic (exact) mass is 274 g/mol. The Morgan fingerprint density at radius 2 is 2.33 bits per heavy atom. The fourth-order valence-electron chi connectivity index (χ4n) is 2.08. The number of nitrogens with zero attached hydrogens (tertiary/aromatic N) is 2. The number of halogens is 1. The Balaban J connectivity index is 0.00000162. The third-order valence-corrected chi connectivity index (χ3v) is 3.05. The highest BCUT2D eigenvalue weighted by Crippen LogP contribution is 2.16. The first kappa shape index (κ1) is 14.9. The Hall–Kier alpha value is -1.11. The minimum Gasteiger partial charge on any atom is -0.395 e. The van der Waals surface area contributed by atoms with Crippen LogP contribution in [0.15, 0.2) is 0 Å². The molecule has 18 heavy (non-hydrogen) atoms. The van der Waals surface area contributed by atoms with E-state index in [1.807, 2.05) is 6.92 Å². The normalized spacial score (nSPS) is 13.7. The van der Waals surface area contributed by atoms with Crippen LogP contribution in [0.25, 0.3) is 0 Å². The van der Waals surface area contributed by atoms with E-state index in [4.69, 9.17) is 5.11 Å². The zero-order valence-corrected chi connectivity index (χ0v) is 11.2. The maximum Gasteiger partial charge on any atom is 0.274 e. The van der Waals surface area contributed by atoms with Gasteiger partial charge in [0.25, 0.3) is 5.91 Å². The third kappa shape index (κ3) is 2.82. The number of rotatable bonds is 4. The molecule has 0 aromatic carbocycles. The number of aromatic amines is 1. The van der Waals surface area contributed by atoms with Gasteiger partial charge in [-0.2, -0.15) is 5.10 Å². The largest absolute Gasteiger partial charge is 0.395 e. The molecule has 102 valence electrons. The zero-order chi connectivity index (χ0) is 12.3.